The van der Waals surface area contributed by atoms with Crippen molar-refractivity contribution in [3.63, 3.8) is 0 Å². The first-order valence-electron chi connectivity index (χ1n) is 2.73. The number of carboxylic acids is 1. The summed E-state index contributed by atoms with van der Waals surface area (Å²) in [6, 6.07) is 5.81. The second-order valence-corrected chi connectivity index (χ2v) is 1.82. The molecule has 0 aliphatic rings. The molecule has 0 unspecified atom stereocenters. The number of benzene rings is 1. The maximum absolute atomic E-state index is 10.3. The van der Waals surface area contributed by atoms with Crippen LogP contribution in [0.4, 0.5) is 0 Å². The van der Waals surface area contributed by atoms with Crippen molar-refractivity contribution in [1.82, 2.24) is 0 Å². The molecule has 0 atom stereocenters. The van der Waals surface area contributed by atoms with Crippen LogP contribution in [0.3, 0.4) is 0 Å². The Bertz CT molecular complexity index is 265. The van der Waals surface area contributed by atoms with Crippen LogP contribution in [-0.4, -0.2) is 61.1 Å². The van der Waals surface area contributed by atoms with Gasteiger partial charge in [0.1, 0.15) is 11.3 Å². The fraction of sp³-hybridized carbons (Fsp3) is 0. The molecule has 0 bridgehead atoms. The number of carbonyl (C=O) groups is 1. The summed E-state index contributed by atoms with van der Waals surface area (Å²) in [6.45, 7) is 0. The minimum absolute atomic E-state index is 0. The predicted molar refractivity (Wildman–Crippen MR) is 58.1 cm³/mol. The molecule has 0 aromatic heterocycles. The number of para-hydroxylation sites is 1. The van der Waals surface area contributed by atoms with Crippen LogP contribution in [0.2, 0.25) is 0 Å². The molecule has 0 saturated heterocycles. The molecule has 1 rings (SSSR count). The molecule has 0 radical (unpaired) electrons. The Morgan fingerprint density at radius 1 is 1.00 bits per heavy atom. The molecule has 0 aliphatic carbocycles. The van der Waals surface area contributed by atoms with Crippen LogP contribution >= 0.6 is 0 Å². The van der Waals surface area contributed by atoms with Crippen LogP contribution in [0.5, 0.6) is 5.75 Å². The molecular formula is C7H16MgO7. The van der Waals surface area contributed by atoms with E-state index in [2.05, 4.69) is 0 Å². The van der Waals surface area contributed by atoms with Gasteiger partial charge in [0.15, 0.2) is 0 Å². The van der Waals surface area contributed by atoms with Crippen molar-refractivity contribution >= 4 is 29.0 Å². The van der Waals surface area contributed by atoms with Crippen molar-refractivity contribution in [2.75, 3.05) is 0 Å². The van der Waals surface area contributed by atoms with Gasteiger partial charge in [-0.1, -0.05) is 12.1 Å². The van der Waals surface area contributed by atoms with E-state index in [4.69, 9.17) is 10.2 Å². The molecule has 0 saturated carbocycles. The average molecular weight is 237 g/mol. The third-order valence-electron chi connectivity index (χ3n) is 1.13. The molecule has 15 heavy (non-hydrogen) atoms. The lowest BCUT2D eigenvalue weighted by atomic mass is 10.2. The van der Waals surface area contributed by atoms with E-state index in [-0.39, 0.29) is 56.3 Å². The van der Waals surface area contributed by atoms with Gasteiger partial charge < -0.3 is 32.1 Å². The zero-order valence-corrected chi connectivity index (χ0v) is 7.11. The Morgan fingerprint density at radius 2 is 1.40 bits per heavy atom. The van der Waals surface area contributed by atoms with Crippen LogP contribution in [0.25, 0.3) is 0 Å². The van der Waals surface area contributed by atoms with Crippen LogP contribution < -0.4 is 0 Å². The predicted octanol–water partition coefficient (Wildman–Crippen LogP) is -3.12. The first-order valence-corrected chi connectivity index (χ1v) is 2.73. The zero-order chi connectivity index (χ0) is 7.56. The first kappa shape index (κ1) is 29.2. The number of aromatic carboxylic acids is 1. The summed E-state index contributed by atoms with van der Waals surface area (Å²) in [6.07, 6.45) is 0. The maximum Gasteiger partial charge on any atom is 0.339 e. The summed E-state index contributed by atoms with van der Waals surface area (Å²) >= 11 is 0. The standard InChI is InChI=1S/C7H6O3.Mg.4H2O.2H/c8-6-4-2-1-3-5(6)7(9)10;;;;;;;/h1-4,8H,(H,9,10);;4*1H2;;. The summed E-state index contributed by atoms with van der Waals surface area (Å²) in [5.41, 5.74) is -0.0671. The van der Waals surface area contributed by atoms with Crippen molar-refractivity contribution in [3.8, 4) is 5.75 Å². The largest absolute Gasteiger partial charge is 0.507 e. The fourth-order valence-corrected chi connectivity index (χ4v) is 0.654. The normalized spacial score (nSPS) is 6.13. The SMILES string of the molecule is O.O.O.O.O=C(O)c1ccccc1O.[MgH2]. The molecule has 7 nitrogen and oxygen atoms in total. The Hall–Kier alpha value is -0.904. The van der Waals surface area contributed by atoms with Crippen LogP contribution in [0.15, 0.2) is 24.3 Å². The highest BCUT2D eigenvalue weighted by Crippen LogP contribution is 2.14. The second kappa shape index (κ2) is 13.1. The van der Waals surface area contributed by atoms with Crippen LogP contribution in [-0.2, 0) is 0 Å². The lowest BCUT2D eigenvalue weighted by Gasteiger charge is -1.95. The van der Waals surface area contributed by atoms with E-state index >= 15 is 0 Å². The quantitative estimate of drug-likeness (QED) is 0.489. The van der Waals surface area contributed by atoms with E-state index in [0.29, 0.717) is 0 Å². The molecule has 1 aromatic rings. The fourth-order valence-electron chi connectivity index (χ4n) is 0.654. The minimum Gasteiger partial charge on any atom is -0.507 e. The molecule has 88 valence electrons. The summed E-state index contributed by atoms with van der Waals surface area (Å²) in [5.74, 6) is -1.31. The highest BCUT2D eigenvalue weighted by atomic mass is 24.3. The molecule has 0 aliphatic heterocycles. The Balaban J connectivity index is -0.0000000667. The van der Waals surface area contributed by atoms with E-state index in [1.165, 1.54) is 12.1 Å². The summed E-state index contributed by atoms with van der Waals surface area (Å²) in [7, 11) is 0. The van der Waals surface area contributed by atoms with Gasteiger partial charge in [-0.3, -0.25) is 0 Å². The van der Waals surface area contributed by atoms with Crippen molar-refractivity contribution in [1.29, 1.82) is 0 Å². The zero-order valence-electron chi connectivity index (χ0n) is 7.11. The lowest BCUT2D eigenvalue weighted by molar-refractivity contribution is 0.0693. The number of rotatable bonds is 1. The Morgan fingerprint density at radius 3 is 1.67 bits per heavy atom. The third kappa shape index (κ3) is 8.12. The highest BCUT2D eigenvalue weighted by Gasteiger charge is 2.05. The Labute approximate surface area is 102 Å². The minimum atomic E-state index is -1.11. The van der Waals surface area contributed by atoms with Gasteiger partial charge in [0.25, 0.3) is 0 Å². The highest BCUT2D eigenvalue weighted by molar-refractivity contribution is 5.90. The van der Waals surface area contributed by atoms with Crippen molar-refractivity contribution in [2.45, 2.75) is 0 Å². The van der Waals surface area contributed by atoms with Crippen molar-refractivity contribution < 1.29 is 36.9 Å². The first-order chi connectivity index (χ1) is 4.72. The van der Waals surface area contributed by atoms with Gasteiger partial charge >= 0.3 is 29.0 Å². The maximum atomic E-state index is 10.3. The van der Waals surface area contributed by atoms with Gasteiger partial charge in [0.2, 0.25) is 0 Å². The van der Waals surface area contributed by atoms with Crippen LogP contribution in [0, 0.1) is 0 Å². The number of phenols is 1. The van der Waals surface area contributed by atoms with E-state index in [1.807, 2.05) is 0 Å². The number of carboxylic acid groups (broad SMARTS) is 1. The monoisotopic (exact) mass is 236 g/mol. The van der Waals surface area contributed by atoms with Gasteiger partial charge in [-0.05, 0) is 12.1 Å². The summed E-state index contributed by atoms with van der Waals surface area (Å²) < 4.78 is 0. The van der Waals surface area contributed by atoms with Gasteiger partial charge in [0, 0.05) is 0 Å². The van der Waals surface area contributed by atoms with Gasteiger partial charge in [-0.25, -0.2) is 4.79 Å². The summed E-state index contributed by atoms with van der Waals surface area (Å²) in [4.78, 5) is 10.3. The molecule has 0 amide bonds. The molecule has 1 aromatic carbocycles. The van der Waals surface area contributed by atoms with Crippen molar-refractivity contribution in [3.05, 3.63) is 29.8 Å². The van der Waals surface area contributed by atoms with Gasteiger partial charge in [-0.15, -0.1) is 0 Å². The van der Waals surface area contributed by atoms with Crippen molar-refractivity contribution in [2.24, 2.45) is 0 Å². The number of aromatic hydroxyl groups is 1. The molecule has 8 heteroatoms. The topological polar surface area (TPSA) is 184 Å². The smallest absolute Gasteiger partial charge is 0.339 e. The Kier molecular flexibility index (Phi) is 25.5. The van der Waals surface area contributed by atoms with E-state index < -0.39 is 5.97 Å². The average Bonchev–Trinajstić information content (AvgIpc) is 1.88. The van der Waals surface area contributed by atoms with Gasteiger partial charge in [0.05, 0.1) is 0 Å². The van der Waals surface area contributed by atoms with Gasteiger partial charge in [-0.2, -0.15) is 0 Å². The molecule has 10 N–H and O–H groups in total. The number of hydrogen-bond donors (Lipinski definition) is 2. The van der Waals surface area contributed by atoms with E-state index in [0.717, 1.165) is 0 Å². The summed E-state index contributed by atoms with van der Waals surface area (Å²) in [5, 5.41) is 17.3. The number of hydrogen-bond acceptors (Lipinski definition) is 2. The van der Waals surface area contributed by atoms with E-state index in [9.17, 15) is 4.79 Å². The van der Waals surface area contributed by atoms with Crippen LogP contribution in [0.1, 0.15) is 10.4 Å². The second-order valence-electron chi connectivity index (χ2n) is 1.82. The third-order valence-corrected chi connectivity index (χ3v) is 1.13. The lowest BCUT2D eigenvalue weighted by Crippen LogP contribution is -1.95. The molecule has 0 spiro atoms. The molecule has 0 heterocycles. The van der Waals surface area contributed by atoms with E-state index in [1.54, 1.807) is 12.1 Å². The molecular weight excluding hydrogens is 220 g/mol. The molecule has 0 fully saturated rings.